The number of urea groups is 1. The number of aliphatic imine (C=N–C) groups is 1. The first kappa shape index (κ1) is 12.0. The highest BCUT2D eigenvalue weighted by Gasteiger charge is 2.31. The van der Waals surface area contributed by atoms with Gasteiger partial charge in [-0.25, -0.2) is 4.79 Å². The number of hydrogen-bond acceptors (Lipinski definition) is 2. The molecule has 0 bridgehead atoms. The molecule has 17 heavy (non-hydrogen) atoms. The van der Waals surface area contributed by atoms with Crippen molar-refractivity contribution in [2.45, 2.75) is 13.3 Å². The van der Waals surface area contributed by atoms with E-state index in [1.165, 1.54) is 0 Å². The fraction of sp³-hybridized carbons (Fsp3) is 0.250. The Balaban J connectivity index is 2.18. The molecule has 5 heteroatoms. The van der Waals surface area contributed by atoms with Gasteiger partial charge in [0.2, 0.25) is 0 Å². The number of rotatable bonds is 3. The van der Waals surface area contributed by atoms with E-state index in [1.54, 1.807) is 6.92 Å². The topological polar surface area (TPSA) is 49.7 Å². The molecule has 0 spiro atoms. The average molecular weight is 295 g/mol. The van der Waals surface area contributed by atoms with Gasteiger partial charge in [-0.15, -0.1) is 0 Å². The van der Waals surface area contributed by atoms with Crippen LogP contribution in [0, 0.1) is 0 Å². The molecule has 0 atom stereocenters. The first-order chi connectivity index (χ1) is 8.11. The zero-order valence-electron chi connectivity index (χ0n) is 9.31. The first-order valence-electron chi connectivity index (χ1n) is 5.29. The van der Waals surface area contributed by atoms with Gasteiger partial charge in [0.15, 0.2) is 0 Å². The second kappa shape index (κ2) is 4.79. The molecule has 0 aromatic heterocycles. The number of carbonyl (C=O) groups is 2. The molecule has 88 valence electrons. The van der Waals surface area contributed by atoms with Crippen LogP contribution in [0.3, 0.4) is 0 Å². The first-order valence-corrected chi connectivity index (χ1v) is 6.09. The van der Waals surface area contributed by atoms with Crippen LogP contribution in [0.2, 0.25) is 0 Å². The van der Waals surface area contributed by atoms with Gasteiger partial charge < -0.3 is 0 Å². The number of imide groups is 1. The Morgan fingerprint density at radius 1 is 1.35 bits per heavy atom. The van der Waals surface area contributed by atoms with Crippen LogP contribution in [-0.2, 0) is 11.2 Å². The van der Waals surface area contributed by atoms with Crippen molar-refractivity contribution in [3.63, 3.8) is 0 Å². The summed E-state index contributed by atoms with van der Waals surface area (Å²) in [5.41, 5.74) is 1.27. The Morgan fingerprint density at radius 2 is 2.12 bits per heavy atom. The predicted molar refractivity (Wildman–Crippen MR) is 68.1 cm³/mol. The van der Waals surface area contributed by atoms with Gasteiger partial charge >= 0.3 is 6.03 Å². The molecule has 0 saturated carbocycles. The maximum Gasteiger partial charge on any atom is 0.350 e. The Bertz CT molecular complexity index is 511. The van der Waals surface area contributed by atoms with Crippen molar-refractivity contribution in [2.24, 2.45) is 4.99 Å². The number of amides is 3. The van der Waals surface area contributed by atoms with E-state index >= 15 is 0 Å². The molecule has 0 radical (unpaired) electrons. The Labute approximate surface area is 107 Å². The lowest BCUT2D eigenvalue weighted by molar-refractivity contribution is -0.120. The fourth-order valence-corrected chi connectivity index (χ4v) is 2.15. The molecule has 3 amide bonds. The standard InChI is InChI=1S/C12H11BrN2O2/c1-2-15-11(16)10(14-12(15)17)7-8-4-3-5-9(13)6-8/h3-6H,2,7H2,1H3. The van der Waals surface area contributed by atoms with E-state index in [-0.39, 0.29) is 5.91 Å². The number of halogens is 1. The highest BCUT2D eigenvalue weighted by atomic mass is 79.9. The van der Waals surface area contributed by atoms with Crippen LogP contribution in [0.5, 0.6) is 0 Å². The normalized spacial score (nSPS) is 15.4. The van der Waals surface area contributed by atoms with Gasteiger partial charge in [-0.2, -0.15) is 4.99 Å². The minimum Gasteiger partial charge on any atom is -0.267 e. The van der Waals surface area contributed by atoms with E-state index in [0.29, 0.717) is 18.7 Å². The number of nitrogens with zero attached hydrogens (tertiary/aromatic N) is 2. The van der Waals surface area contributed by atoms with Crippen LogP contribution >= 0.6 is 15.9 Å². The minimum atomic E-state index is -0.456. The Morgan fingerprint density at radius 3 is 2.71 bits per heavy atom. The van der Waals surface area contributed by atoms with E-state index in [0.717, 1.165) is 14.9 Å². The maximum absolute atomic E-state index is 11.8. The zero-order chi connectivity index (χ0) is 12.4. The molecule has 1 aromatic rings. The lowest BCUT2D eigenvalue weighted by Gasteiger charge is -2.08. The molecule has 0 aliphatic carbocycles. The Hall–Kier alpha value is -1.49. The largest absolute Gasteiger partial charge is 0.350 e. The second-order valence-corrected chi connectivity index (χ2v) is 4.61. The van der Waals surface area contributed by atoms with Crippen molar-refractivity contribution in [3.8, 4) is 0 Å². The van der Waals surface area contributed by atoms with Gasteiger partial charge in [0.1, 0.15) is 5.71 Å². The lowest BCUT2D eigenvalue weighted by Crippen LogP contribution is -2.32. The van der Waals surface area contributed by atoms with Crippen molar-refractivity contribution in [2.75, 3.05) is 6.54 Å². The van der Waals surface area contributed by atoms with Crippen molar-refractivity contribution in [1.29, 1.82) is 0 Å². The van der Waals surface area contributed by atoms with Crippen molar-refractivity contribution in [3.05, 3.63) is 34.3 Å². The predicted octanol–water partition coefficient (Wildman–Crippen LogP) is 2.41. The third kappa shape index (κ3) is 2.44. The zero-order valence-corrected chi connectivity index (χ0v) is 10.9. The van der Waals surface area contributed by atoms with Gasteiger partial charge in [0.25, 0.3) is 5.91 Å². The van der Waals surface area contributed by atoms with E-state index in [2.05, 4.69) is 20.9 Å². The van der Waals surface area contributed by atoms with Gasteiger partial charge in [-0.1, -0.05) is 28.1 Å². The van der Waals surface area contributed by atoms with Gasteiger partial charge in [-0.05, 0) is 24.6 Å². The number of hydrogen-bond donors (Lipinski definition) is 0. The summed E-state index contributed by atoms with van der Waals surface area (Å²) in [6, 6.07) is 7.15. The molecular weight excluding hydrogens is 284 g/mol. The average Bonchev–Trinajstić information content (AvgIpc) is 2.54. The molecule has 0 unspecified atom stereocenters. The van der Waals surface area contributed by atoms with E-state index in [4.69, 9.17) is 0 Å². The summed E-state index contributed by atoms with van der Waals surface area (Å²) in [6.07, 6.45) is 0.389. The third-order valence-corrected chi connectivity index (χ3v) is 3.02. The lowest BCUT2D eigenvalue weighted by atomic mass is 10.1. The molecule has 1 heterocycles. The summed E-state index contributed by atoms with van der Waals surface area (Å²) in [5.74, 6) is -0.280. The van der Waals surface area contributed by atoms with Crippen molar-refractivity contribution in [1.82, 2.24) is 4.90 Å². The van der Waals surface area contributed by atoms with Crippen LogP contribution in [0.1, 0.15) is 12.5 Å². The summed E-state index contributed by atoms with van der Waals surface area (Å²) in [6.45, 7) is 2.12. The molecule has 0 N–H and O–H groups in total. The van der Waals surface area contributed by atoms with Gasteiger partial charge in [0, 0.05) is 17.4 Å². The minimum absolute atomic E-state index is 0.280. The molecule has 4 nitrogen and oxygen atoms in total. The summed E-state index contributed by atoms with van der Waals surface area (Å²) < 4.78 is 0.944. The van der Waals surface area contributed by atoms with Gasteiger partial charge in [-0.3, -0.25) is 9.69 Å². The fourth-order valence-electron chi connectivity index (χ4n) is 1.70. The molecule has 1 aromatic carbocycles. The highest BCUT2D eigenvalue weighted by molar-refractivity contribution is 9.10. The van der Waals surface area contributed by atoms with Crippen LogP contribution < -0.4 is 0 Å². The van der Waals surface area contributed by atoms with Gasteiger partial charge in [0.05, 0.1) is 0 Å². The highest BCUT2D eigenvalue weighted by Crippen LogP contribution is 2.15. The summed E-state index contributed by atoms with van der Waals surface area (Å²) >= 11 is 3.36. The molecule has 0 saturated heterocycles. The van der Waals surface area contributed by atoms with Crippen LogP contribution in [0.15, 0.2) is 33.7 Å². The monoisotopic (exact) mass is 294 g/mol. The number of carbonyl (C=O) groups excluding carboxylic acids is 2. The number of benzene rings is 1. The third-order valence-electron chi connectivity index (χ3n) is 2.53. The molecule has 1 aliphatic rings. The van der Waals surface area contributed by atoms with Crippen LogP contribution in [0.25, 0.3) is 0 Å². The summed E-state index contributed by atoms with van der Waals surface area (Å²) in [4.78, 5) is 28.1. The molecule has 1 aliphatic heterocycles. The molecular formula is C12H11BrN2O2. The molecule has 0 fully saturated rings. The summed E-state index contributed by atoms with van der Waals surface area (Å²) in [7, 11) is 0. The smallest absolute Gasteiger partial charge is 0.267 e. The second-order valence-electron chi connectivity index (χ2n) is 3.70. The van der Waals surface area contributed by atoms with Crippen molar-refractivity contribution >= 4 is 33.6 Å². The maximum atomic E-state index is 11.8. The van der Waals surface area contributed by atoms with Crippen LogP contribution in [0.4, 0.5) is 4.79 Å². The van der Waals surface area contributed by atoms with E-state index < -0.39 is 6.03 Å². The van der Waals surface area contributed by atoms with E-state index in [9.17, 15) is 9.59 Å². The van der Waals surface area contributed by atoms with Crippen LogP contribution in [-0.4, -0.2) is 29.1 Å². The van der Waals surface area contributed by atoms with E-state index in [1.807, 2.05) is 24.3 Å². The Kier molecular flexibility index (Phi) is 3.38. The van der Waals surface area contributed by atoms with Crippen molar-refractivity contribution < 1.29 is 9.59 Å². The summed E-state index contributed by atoms with van der Waals surface area (Å²) in [5, 5.41) is 0. The molecule has 2 rings (SSSR count). The quantitative estimate of drug-likeness (QED) is 0.860. The SMILES string of the molecule is CCN1C(=O)N=C(Cc2cccc(Br)c2)C1=O.